The van der Waals surface area contributed by atoms with Crippen molar-refractivity contribution < 1.29 is 13.9 Å². The molecule has 0 unspecified atom stereocenters. The smallest absolute Gasteiger partial charge is 0.230 e. The average Bonchev–Trinajstić information content (AvgIpc) is 2.70. The lowest BCUT2D eigenvalue weighted by Crippen LogP contribution is -2.43. The Balaban J connectivity index is 1.66. The molecule has 4 rings (SSSR count). The number of hydrogen-bond donors (Lipinski definition) is 0. The molecule has 1 saturated carbocycles. The number of carbonyl (C=O) groups excluding carboxylic acids is 1. The standard InChI is InChI=1S/C25H29ClFNO2S/c1-17(2)28(24(29)18-4-3-5-18)23-11-6-19(16-22(23)27)25(12-14-30-15-13-25)31-21-9-7-20(26)8-10-21/h6-11,16-18H,3-5,12-15H2,1-2H3. The first-order valence-electron chi connectivity index (χ1n) is 11.0. The maximum absolute atomic E-state index is 15.5. The molecule has 6 heteroatoms. The van der Waals surface area contributed by atoms with E-state index in [2.05, 4.69) is 0 Å². The number of nitrogens with zero attached hydrogens (tertiary/aromatic N) is 1. The number of amides is 1. The van der Waals surface area contributed by atoms with Crippen LogP contribution >= 0.6 is 23.4 Å². The highest BCUT2D eigenvalue weighted by Gasteiger charge is 2.37. The van der Waals surface area contributed by atoms with Gasteiger partial charge in [-0.25, -0.2) is 4.39 Å². The maximum Gasteiger partial charge on any atom is 0.230 e. The summed E-state index contributed by atoms with van der Waals surface area (Å²) >= 11 is 7.79. The van der Waals surface area contributed by atoms with Gasteiger partial charge in [-0.3, -0.25) is 4.79 Å². The van der Waals surface area contributed by atoms with E-state index in [1.807, 2.05) is 44.2 Å². The van der Waals surface area contributed by atoms with Gasteiger partial charge in [0.1, 0.15) is 5.82 Å². The Morgan fingerprint density at radius 3 is 2.39 bits per heavy atom. The van der Waals surface area contributed by atoms with E-state index in [9.17, 15) is 4.79 Å². The minimum absolute atomic E-state index is 0.0313. The molecule has 0 radical (unpaired) electrons. The Kier molecular flexibility index (Phi) is 6.95. The molecule has 1 aliphatic carbocycles. The van der Waals surface area contributed by atoms with E-state index in [4.69, 9.17) is 16.3 Å². The third-order valence-corrected chi connectivity index (χ3v) is 8.16. The van der Waals surface area contributed by atoms with E-state index in [0.717, 1.165) is 42.6 Å². The third kappa shape index (κ3) is 4.79. The van der Waals surface area contributed by atoms with E-state index in [1.165, 1.54) is 0 Å². The fraction of sp³-hybridized carbons (Fsp3) is 0.480. The lowest BCUT2D eigenvalue weighted by Gasteiger charge is -2.38. The van der Waals surface area contributed by atoms with Crippen LogP contribution in [0.2, 0.25) is 5.02 Å². The summed E-state index contributed by atoms with van der Waals surface area (Å²) in [7, 11) is 0. The van der Waals surface area contributed by atoms with Crippen LogP contribution in [-0.2, 0) is 14.3 Å². The van der Waals surface area contributed by atoms with Gasteiger partial charge in [0.25, 0.3) is 0 Å². The van der Waals surface area contributed by atoms with Crippen LogP contribution < -0.4 is 4.90 Å². The van der Waals surface area contributed by atoms with Crippen LogP contribution in [0.1, 0.15) is 51.5 Å². The summed E-state index contributed by atoms with van der Waals surface area (Å²) in [6.07, 6.45) is 4.49. The predicted molar refractivity (Wildman–Crippen MR) is 125 cm³/mol. The molecular weight excluding hydrogens is 433 g/mol. The van der Waals surface area contributed by atoms with Gasteiger partial charge in [0.2, 0.25) is 5.91 Å². The molecular formula is C25H29ClFNO2S. The van der Waals surface area contributed by atoms with Gasteiger partial charge in [-0.1, -0.05) is 24.1 Å². The fourth-order valence-electron chi connectivity index (χ4n) is 4.37. The van der Waals surface area contributed by atoms with Crippen LogP contribution in [0.15, 0.2) is 47.4 Å². The van der Waals surface area contributed by atoms with E-state index < -0.39 is 0 Å². The van der Waals surface area contributed by atoms with Gasteiger partial charge >= 0.3 is 0 Å². The zero-order chi connectivity index (χ0) is 22.0. The number of halogens is 2. The van der Waals surface area contributed by atoms with Gasteiger partial charge in [-0.2, -0.15) is 0 Å². The first kappa shape index (κ1) is 22.6. The van der Waals surface area contributed by atoms with Gasteiger partial charge in [-0.15, -0.1) is 11.8 Å². The van der Waals surface area contributed by atoms with Crippen molar-refractivity contribution in [2.24, 2.45) is 5.92 Å². The molecule has 2 aromatic carbocycles. The quantitative estimate of drug-likeness (QED) is 0.472. The second-order valence-corrected chi connectivity index (χ2v) is 10.7. The van der Waals surface area contributed by atoms with Gasteiger partial charge in [0, 0.05) is 39.8 Å². The summed E-state index contributed by atoms with van der Waals surface area (Å²) in [6, 6.07) is 13.1. The number of benzene rings is 2. The average molecular weight is 462 g/mol. The third-order valence-electron chi connectivity index (χ3n) is 6.37. The lowest BCUT2D eigenvalue weighted by molar-refractivity contribution is -0.125. The molecule has 0 spiro atoms. The SMILES string of the molecule is CC(C)N(C(=O)C1CCC1)c1ccc(C2(Sc3ccc(Cl)cc3)CCOCC2)cc1F. The van der Waals surface area contributed by atoms with Gasteiger partial charge < -0.3 is 9.64 Å². The van der Waals surface area contributed by atoms with Crippen LogP contribution in [0.3, 0.4) is 0 Å². The summed E-state index contributed by atoms with van der Waals surface area (Å²) in [5.74, 6) is -0.255. The van der Waals surface area contributed by atoms with Crippen LogP contribution in [0.4, 0.5) is 10.1 Å². The van der Waals surface area contributed by atoms with E-state index in [-0.39, 0.29) is 28.4 Å². The van der Waals surface area contributed by atoms with Crippen molar-refractivity contribution in [1.29, 1.82) is 0 Å². The van der Waals surface area contributed by atoms with E-state index >= 15 is 4.39 Å². The first-order valence-corrected chi connectivity index (χ1v) is 12.2. The van der Waals surface area contributed by atoms with Gasteiger partial charge in [0.05, 0.1) is 5.69 Å². The Morgan fingerprint density at radius 2 is 1.84 bits per heavy atom. The van der Waals surface area contributed by atoms with Crippen LogP contribution in [0, 0.1) is 11.7 Å². The lowest BCUT2D eigenvalue weighted by atomic mass is 9.84. The molecule has 0 atom stereocenters. The fourth-order valence-corrected chi connectivity index (χ4v) is 5.83. The molecule has 3 nitrogen and oxygen atoms in total. The van der Waals surface area contributed by atoms with E-state index in [1.54, 1.807) is 28.8 Å². The van der Waals surface area contributed by atoms with Crippen LogP contribution in [-0.4, -0.2) is 25.2 Å². The molecule has 1 amide bonds. The highest BCUT2D eigenvalue weighted by Crippen LogP contribution is 2.49. The molecule has 31 heavy (non-hydrogen) atoms. The summed E-state index contributed by atoms with van der Waals surface area (Å²) in [5, 5.41) is 0.700. The normalized spacial score (nSPS) is 18.6. The van der Waals surface area contributed by atoms with Crippen LogP contribution in [0.25, 0.3) is 0 Å². The Morgan fingerprint density at radius 1 is 1.16 bits per heavy atom. The van der Waals surface area contributed by atoms with Crippen molar-refractivity contribution in [2.75, 3.05) is 18.1 Å². The molecule has 0 aromatic heterocycles. The molecule has 1 aliphatic heterocycles. The number of rotatable bonds is 6. The summed E-state index contributed by atoms with van der Waals surface area (Å²) in [5.41, 5.74) is 1.33. The van der Waals surface area contributed by atoms with Crippen molar-refractivity contribution >= 4 is 35.0 Å². The van der Waals surface area contributed by atoms with E-state index in [0.29, 0.717) is 23.9 Å². The van der Waals surface area contributed by atoms with Gasteiger partial charge in [-0.05, 0) is 81.5 Å². The summed E-state index contributed by atoms with van der Waals surface area (Å²) in [6.45, 7) is 5.17. The van der Waals surface area contributed by atoms with Crippen molar-refractivity contribution in [3.8, 4) is 0 Å². The summed E-state index contributed by atoms with van der Waals surface area (Å²) in [4.78, 5) is 15.7. The first-order chi connectivity index (χ1) is 14.9. The molecule has 2 aliphatic rings. The zero-order valence-corrected chi connectivity index (χ0v) is 19.6. The molecule has 2 fully saturated rings. The molecule has 0 N–H and O–H groups in total. The number of anilines is 1. The van der Waals surface area contributed by atoms with Crippen molar-refractivity contribution in [3.63, 3.8) is 0 Å². The molecule has 1 saturated heterocycles. The molecule has 166 valence electrons. The predicted octanol–water partition coefficient (Wildman–Crippen LogP) is 6.82. The Hall–Kier alpha value is -1.56. The monoisotopic (exact) mass is 461 g/mol. The van der Waals surface area contributed by atoms with Gasteiger partial charge in [0.15, 0.2) is 0 Å². The number of hydrogen-bond acceptors (Lipinski definition) is 3. The molecule has 2 aromatic rings. The highest BCUT2D eigenvalue weighted by molar-refractivity contribution is 8.00. The number of thioether (sulfide) groups is 1. The van der Waals surface area contributed by atoms with Crippen molar-refractivity contribution in [2.45, 2.75) is 61.6 Å². The maximum atomic E-state index is 15.5. The zero-order valence-electron chi connectivity index (χ0n) is 18.1. The summed E-state index contributed by atoms with van der Waals surface area (Å²) < 4.78 is 20.8. The second kappa shape index (κ2) is 9.51. The molecule has 0 bridgehead atoms. The largest absolute Gasteiger partial charge is 0.381 e. The minimum Gasteiger partial charge on any atom is -0.381 e. The Bertz CT molecular complexity index is 924. The topological polar surface area (TPSA) is 29.5 Å². The van der Waals surface area contributed by atoms with Crippen molar-refractivity contribution in [1.82, 2.24) is 0 Å². The molecule has 1 heterocycles. The second-order valence-electron chi connectivity index (χ2n) is 8.76. The highest BCUT2D eigenvalue weighted by atomic mass is 35.5. The van der Waals surface area contributed by atoms with Crippen molar-refractivity contribution in [3.05, 3.63) is 58.9 Å². The number of carbonyl (C=O) groups is 1. The number of ether oxygens (including phenoxy) is 1. The minimum atomic E-state index is -0.332. The van der Waals surface area contributed by atoms with Crippen LogP contribution in [0.5, 0.6) is 0 Å². The Labute approximate surface area is 193 Å².